The Kier molecular flexibility index (Phi) is 7.96. The lowest BCUT2D eigenvalue weighted by molar-refractivity contribution is -0.121. The third-order valence-electron chi connectivity index (χ3n) is 3.29. The fraction of sp³-hybridized carbons (Fsp3) is 0.562. The van der Waals surface area contributed by atoms with Crippen molar-refractivity contribution >= 4 is 27.5 Å². The Morgan fingerprint density at radius 2 is 1.86 bits per heavy atom. The van der Waals surface area contributed by atoms with Crippen LogP contribution in [0.1, 0.15) is 26.3 Å². The van der Waals surface area contributed by atoms with Gasteiger partial charge < -0.3 is 5.32 Å². The van der Waals surface area contributed by atoms with E-state index in [4.69, 9.17) is 0 Å². The maximum atomic E-state index is 12.3. The average Bonchev–Trinajstić information content (AvgIpc) is 2.48. The average molecular weight is 344 g/mol. The minimum Gasteiger partial charge on any atom is -0.354 e. The maximum Gasteiger partial charge on any atom is 0.233 e. The summed E-state index contributed by atoms with van der Waals surface area (Å²) >= 11 is 1.59. The van der Waals surface area contributed by atoms with Crippen molar-refractivity contribution < 1.29 is 13.2 Å². The second-order valence-electron chi connectivity index (χ2n) is 5.49. The lowest BCUT2D eigenvalue weighted by Crippen LogP contribution is -2.38. The van der Waals surface area contributed by atoms with Crippen molar-refractivity contribution in [2.24, 2.45) is 5.92 Å². The van der Waals surface area contributed by atoms with Crippen molar-refractivity contribution in [3.8, 4) is 0 Å². The van der Waals surface area contributed by atoms with Crippen LogP contribution >= 0.6 is 11.8 Å². The molecule has 0 aliphatic heterocycles. The zero-order valence-corrected chi connectivity index (χ0v) is 15.0. The molecule has 1 rings (SSSR count). The topological polar surface area (TPSA) is 63.2 Å². The van der Waals surface area contributed by atoms with Gasteiger partial charge in [-0.15, -0.1) is 11.8 Å². The number of carbonyl (C=O) groups excluding carboxylic acids is 1. The summed E-state index contributed by atoms with van der Waals surface area (Å²) in [4.78, 5) is 12.3. The predicted molar refractivity (Wildman–Crippen MR) is 93.7 cm³/mol. The van der Waals surface area contributed by atoms with Crippen LogP contribution in [0.15, 0.2) is 30.3 Å². The Morgan fingerprint density at radius 1 is 1.23 bits per heavy atom. The quantitative estimate of drug-likeness (QED) is 0.748. The summed E-state index contributed by atoms with van der Waals surface area (Å²) in [5.41, 5.74) is 1.18. The number of hydrogen-bond acceptors (Lipinski definition) is 4. The van der Waals surface area contributed by atoms with Crippen molar-refractivity contribution in [3.63, 3.8) is 0 Å². The van der Waals surface area contributed by atoms with Gasteiger partial charge in [0.2, 0.25) is 5.91 Å². The fourth-order valence-corrected chi connectivity index (χ4v) is 3.79. The second kappa shape index (κ2) is 9.20. The number of hydrogen-bond donors (Lipinski definition) is 1. The minimum atomic E-state index is -3.04. The summed E-state index contributed by atoms with van der Waals surface area (Å²) in [5, 5.41) is 2.58. The molecule has 0 saturated heterocycles. The largest absolute Gasteiger partial charge is 0.354 e. The molecule has 1 amide bonds. The van der Waals surface area contributed by atoms with Gasteiger partial charge in [-0.2, -0.15) is 0 Å². The highest BCUT2D eigenvalue weighted by Gasteiger charge is 2.22. The van der Waals surface area contributed by atoms with Crippen molar-refractivity contribution in [2.45, 2.75) is 31.8 Å². The Labute approximate surface area is 138 Å². The molecule has 0 spiro atoms. The van der Waals surface area contributed by atoms with Gasteiger partial charge in [0.1, 0.15) is 0 Å². The molecule has 124 valence electrons. The van der Waals surface area contributed by atoms with Crippen molar-refractivity contribution in [3.05, 3.63) is 35.9 Å². The van der Waals surface area contributed by atoms with Gasteiger partial charge in [-0.25, -0.2) is 8.42 Å². The number of carbonyl (C=O) groups is 1. The van der Waals surface area contributed by atoms with Gasteiger partial charge >= 0.3 is 0 Å². The van der Waals surface area contributed by atoms with E-state index in [1.165, 1.54) is 5.56 Å². The zero-order chi connectivity index (χ0) is 16.6. The minimum absolute atomic E-state index is 0.00338. The molecule has 1 aromatic rings. The Hall–Kier alpha value is -1.01. The van der Waals surface area contributed by atoms with Gasteiger partial charge in [0.15, 0.2) is 9.84 Å². The number of nitrogens with one attached hydrogen (secondary N) is 1. The zero-order valence-electron chi connectivity index (χ0n) is 13.4. The van der Waals surface area contributed by atoms with Crippen LogP contribution in [0.3, 0.4) is 0 Å². The molecule has 1 unspecified atom stereocenters. The molecular formula is C16H25NO3S2. The summed E-state index contributed by atoms with van der Waals surface area (Å²) in [7, 11) is -3.04. The standard InChI is InChI=1S/C16H25NO3S2/c1-4-22(19,20)11-10-17-16(18)15(13(2)3)21-12-14-8-6-5-7-9-14/h5-9,13,15H,4,10-12H2,1-3H3,(H,17,18). The van der Waals surface area contributed by atoms with Crippen molar-refractivity contribution in [1.29, 1.82) is 0 Å². The predicted octanol–water partition coefficient (Wildman–Crippen LogP) is 2.50. The van der Waals surface area contributed by atoms with E-state index in [1.807, 2.05) is 44.2 Å². The summed E-state index contributed by atoms with van der Waals surface area (Å²) in [6, 6.07) is 10.0. The third-order valence-corrected chi connectivity index (χ3v) is 6.61. The van der Waals surface area contributed by atoms with Gasteiger partial charge in [0, 0.05) is 18.1 Å². The third kappa shape index (κ3) is 6.83. The molecule has 1 aromatic carbocycles. The summed E-state index contributed by atoms with van der Waals surface area (Å²) in [6.07, 6.45) is 0. The molecule has 22 heavy (non-hydrogen) atoms. The molecule has 1 N–H and O–H groups in total. The van der Waals surface area contributed by atoms with Gasteiger partial charge in [-0.05, 0) is 11.5 Å². The molecule has 0 saturated carbocycles. The highest BCUT2D eigenvalue weighted by atomic mass is 32.2. The van der Waals surface area contributed by atoms with E-state index >= 15 is 0 Å². The highest BCUT2D eigenvalue weighted by molar-refractivity contribution is 7.99. The van der Waals surface area contributed by atoms with Gasteiger partial charge in [-0.1, -0.05) is 51.1 Å². The fourth-order valence-electron chi connectivity index (χ4n) is 1.91. The van der Waals surface area contributed by atoms with Crippen LogP contribution in [0.2, 0.25) is 0 Å². The molecule has 0 aliphatic carbocycles. The molecule has 6 heteroatoms. The van der Waals surface area contributed by atoms with E-state index in [0.29, 0.717) is 0 Å². The summed E-state index contributed by atoms with van der Waals surface area (Å²) < 4.78 is 22.9. The summed E-state index contributed by atoms with van der Waals surface area (Å²) in [6.45, 7) is 5.81. The van der Waals surface area contributed by atoms with Crippen LogP contribution < -0.4 is 5.32 Å². The molecule has 0 aliphatic rings. The number of benzene rings is 1. The number of rotatable bonds is 9. The van der Waals surface area contributed by atoms with E-state index < -0.39 is 9.84 Å². The van der Waals surface area contributed by atoms with E-state index in [-0.39, 0.29) is 35.1 Å². The SMILES string of the molecule is CCS(=O)(=O)CCNC(=O)C(SCc1ccccc1)C(C)C. The van der Waals surface area contributed by atoms with Gasteiger partial charge in [0.05, 0.1) is 11.0 Å². The maximum absolute atomic E-state index is 12.3. The molecule has 0 bridgehead atoms. The van der Waals surface area contributed by atoms with Crippen molar-refractivity contribution in [2.75, 3.05) is 18.1 Å². The first-order valence-electron chi connectivity index (χ1n) is 7.49. The second-order valence-corrected chi connectivity index (χ2v) is 9.09. The van der Waals surface area contributed by atoms with Crippen LogP contribution in [0, 0.1) is 5.92 Å². The monoisotopic (exact) mass is 343 g/mol. The van der Waals surface area contributed by atoms with E-state index in [9.17, 15) is 13.2 Å². The molecule has 0 radical (unpaired) electrons. The molecule has 1 atom stereocenters. The molecule has 0 fully saturated rings. The number of thioether (sulfide) groups is 1. The molecule has 0 heterocycles. The normalized spacial score (nSPS) is 13.1. The van der Waals surface area contributed by atoms with Crippen LogP contribution in [-0.2, 0) is 20.4 Å². The van der Waals surface area contributed by atoms with Crippen LogP contribution in [0.4, 0.5) is 0 Å². The lowest BCUT2D eigenvalue weighted by atomic mass is 10.1. The first kappa shape index (κ1) is 19.0. The Balaban J connectivity index is 2.50. The van der Waals surface area contributed by atoms with Crippen LogP contribution in [0.25, 0.3) is 0 Å². The van der Waals surface area contributed by atoms with E-state index in [0.717, 1.165) is 5.75 Å². The Bertz CT molecular complexity index is 556. The first-order valence-corrected chi connectivity index (χ1v) is 10.4. The molecule has 0 aromatic heterocycles. The van der Waals surface area contributed by atoms with Gasteiger partial charge in [-0.3, -0.25) is 4.79 Å². The number of sulfone groups is 1. The van der Waals surface area contributed by atoms with Crippen molar-refractivity contribution in [1.82, 2.24) is 5.32 Å². The van der Waals surface area contributed by atoms with E-state index in [2.05, 4.69) is 5.32 Å². The van der Waals surface area contributed by atoms with E-state index in [1.54, 1.807) is 18.7 Å². The number of amides is 1. The van der Waals surface area contributed by atoms with Gasteiger partial charge in [0.25, 0.3) is 0 Å². The summed E-state index contributed by atoms with van der Waals surface area (Å²) in [5.74, 6) is 0.992. The smallest absolute Gasteiger partial charge is 0.233 e. The lowest BCUT2D eigenvalue weighted by Gasteiger charge is -2.20. The van der Waals surface area contributed by atoms with Crippen LogP contribution in [-0.4, -0.2) is 37.6 Å². The van der Waals surface area contributed by atoms with Crippen LogP contribution in [0.5, 0.6) is 0 Å². The molecular weight excluding hydrogens is 318 g/mol. The highest BCUT2D eigenvalue weighted by Crippen LogP contribution is 2.23. The first-order chi connectivity index (χ1) is 10.4. The molecule has 4 nitrogen and oxygen atoms in total. The Morgan fingerprint density at radius 3 is 2.41 bits per heavy atom.